The maximum Gasteiger partial charge on any atom is 0.411 e. The lowest BCUT2D eigenvalue weighted by atomic mass is 9.99. The molecule has 1 aromatic heterocycles. The number of allylic oxidation sites excluding steroid dienone is 2. The zero-order valence-electron chi connectivity index (χ0n) is 20.1. The van der Waals surface area contributed by atoms with Gasteiger partial charge in [-0.1, -0.05) is 25.1 Å². The van der Waals surface area contributed by atoms with Crippen LogP contribution in [0.5, 0.6) is 11.5 Å². The molecular weight excluding hydrogens is 438 g/mol. The van der Waals surface area contributed by atoms with Crippen molar-refractivity contribution in [1.29, 1.82) is 0 Å². The molecule has 1 heterocycles. The summed E-state index contributed by atoms with van der Waals surface area (Å²) in [6, 6.07) is 8.47. The molecule has 182 valence electrons. The highest BCUT2D eigenvalue weighted by atomic mass is 16.5. The van der Waals surface area contributed by atoms with Crippen LogP contribution in [0.25, 0.3) is 6.08 Å². The molecule has 2 rings (SSSR count). The Bertz CT molecular complexity index is 1130. The van der Waals surface area contributed by atoms with Crippen molar-refractivity contribution in [3.63, 3.8) is 0 Å². The normalized spacial score (nSPS) is 12.7. The van der Waals surface area contributed by atoms with Crippen LogP contribution in [-0.4, -0.2) is 40.1 Å². The quantitative estimate of drug-likeness (QED) is 0.352. The first-order valence-electron chi connectivity index (χ1n) is 11.0. The fourth-order valence-corrected chi connectivity index (χ4v) is 3.16. The Labute approximate surface area is 198 Å². The van der Waals surface area contributed by atoms with Crippen molar-refractivity contribution in [3.8, 4) is 11.5 Å². The summed E-state index contributed by atoms with van der Waals surface area (Å²) < 4.78 is 10.9. The Morgan fingerprint density at radius 3 is 2.38 bits per heavy atom. The summed E-state index contributed by atoms with van der Waals surface area (Å²) in [7, 11) is 1.42. The van der Waals surface area contributed by atoms with Crippen LogP contribution in [0.4, 0.5) is 4.79 Å². The van der Waals surface area contributed by atoms with Gasteiger partial charge < -0.3 is 19.4 Å². The summed E-state index contributed by atoms with van der Waals surface area (Å²) in [5.41, 5.74) is -0.292. The molecule has 2 N–H and O–H groups in total. The number of aromatic hydroxyl groups is 1. The van der Waals surface area contributed by atoms with Gasteiger partial charge in [-0.2, -0.15) is 0 Å². The van der Waals surface area contributed by atoms with Gasteiger partial charge in [0.2, 0.25) is 0 Å². The molecule has 2 aromatic rings. The largest absolute Gasteiger partial charge is 0.507 e. The maximum atomic E-state index is 12.8. The topological polar surface area (TPSA) is 117 Å². The molecule has 0 saturated carbocycles. The second-order valence-corrected chi connectivity index (χ2v) is 8.35. The van der Waals surface area contributed by atoms with E-state index in [2.05, 4.69) is 0 Å². The maximum absolute atomic E-state index is 12.8. The van der Waals surface area contributed by atoms with Crippen molar-refractivity contribution in [3.05, 3.63) is 75.5 Å². The lowest BCUT2D eigenvalue weighted by Gasteiger charge is -2.11. The molecule has 0 saturated heterocycles. The number of hydrogen-bond donors (Lipinski definition) is 2. The first-order valence-corrected chi connectivity index (χ1v) is 11.0. The average molecular weight is 470 g/mol. The lowest BCUT2D eigenvalue weighted by molar-refractivity contribution is 0.102. The van der Waals surface area contributed by atoms with Crippen LogP contribution >= 0.6 is 0 Å². The van der Waals surface area contributed by atoms with Gasteiger partial charge in [-0.15, -0.1) is 0 Å². The Morgan fingerprint density at radius 1 is 1.18 bits per heavy atom. The molecule has 1 amide bonds. The van der Waals surface area contributed by atoms with Crippen LogP contribution in [0.2, 0.25) is 0 Å². The number of hydrogen-bond acceptors (Lipinski definition) is 6. The van der Waals surface area contributed by atoms with Crippen molar-refractivity contribution < 1.29 is 29.0 Å². The predicted molar refractivity (Wildman–Crippen MR) is 129 cm³/mol. The van der Waals surface area contributed by atoms with Crippen molar-refractivity contribution >= 4 is 18.0 Å². The summed E-state index contributed by atoms with van der Waals surface area (Å²) in [5.74, 6) is -0.319. The lowest BCUT2D eigenvalue weighted by Crippen LogP contribution is -2.17. The van der Waals surface area contributed by atoms with Crippen LogP contribution in [0.3, 0.4) is 0 Å². The standard InChI is InChI=1S/C26H31NO7/c1-16(2)33-20-11-9-19(10-12-20)14-18(4)24(29)23-21(28)15-22(34-25(23)30)17(3)8-6-7-13-27(5)26(31)32/h7,9-17,28H,6,8H2,1-5H3,(H,31,32)/b13-7+,18-14-. The van der Waals surface area contributed by atoms with Gasteiger partial charge in [0.1, 0.15) is 22.8 Å². The average Bonchev–Trinajstić information content (AvgIpc) is 2.76. The number of carboxylic acid groups (broad SMARTS) is 1. The molecule has 1 aromatic carbocycles. The first-order chi connectivity index (χ1) is 16.0. The fraction of sp³-hybridized carbons (Fsp3) is 0.346. The number of ketones is 1. The SMILES string of the molecule is C/C(=C/c1ccc(OC(C)C)cc1)C(=O)c1c(O)cc(C(C)CC/C=C/N(C)C(=O)O)oc1=O. The number of nitrogens with zero attached hydrogens (tertiary/aromatic N) is 1. The number of amides is 1. The van der Waals surface area contributed by atoms with Gasteiger partial charge in [-0.3, -0.25) is 9.69 Å². The molecule has 34 heavy (non-hydrogen) atoms. The summed E-state index contributed by atoms with van der Waals surface area (Å²) >= 11 is 0. The van der Waals surface area contributed by atoms with Crippen molar-refractivity contribution in [2.24, 2.45) is 0 Å². The van der Waals surface area contributed by atoms with E-state index in [9.17, 15) is 19.5 Å². The summed E-state index contributed by atoms with van der Waals surface area (Å²) in [4.78, 5) is 37.2. The minimum absolute atomic E-state index is 0.0488. The molecule has 0 aliphatic carbocycles. The van der Waals surface area contributed by atoms with E-state index in [1.165, 1.54) is 19.3 Å². The van der Waals surface area contributed by atoms with Crippen LogP contribution in [0.15, 0.2) is 57.4 Å². The minimum atomic E-state index is -1.07. The van der Waals surface area contributed by atoms with E-state index in [-0.39, 0.29) is 23.4 Å². The van der Waals surface area contributed by atoms with E-state index < -0.39 is 28.8 Å². The minimum Gasteiger partial charge on any atom is -0.507 e. The third-order valence-electron chi connectivity index (χ3n) is 5.05. The van der Waals surface area contributed by atoms with Gasteiger partial charge >= 0.3 is 11.7 Å². The smallest absolute Gasteiger partial charge is 0.411 e. The summed E-state index contributed by atoms with van der Waals surface area (Å²) in [6.45, 7) is 7.24. The second-order valence-electron chi connectivity index (χ2n) is 8.35. The van der Waals surface area contributed by atoms with Gasteiger partial charge in [-0.25, -0.2) is 9.59 Å². The molecule has 0 radical (unpaired) electrons. The molecule has 0 aliphatic heterocycles. The van der Waals surface area contributed by atoms with Crippen LogP contribution in [0.1, 0.15) is 68.1 Å². The van der Waals surface area contributed by atoms with E-state index in [0.717, 1.165) is 10.5 Å². The van der Waals surface area contributed by atoms with Crippen molar-refractivity contribution in [2.45, 2.75) is 52.6 Å². The zero-order chi connectivity index (χ0) is 25.4. The Balaban J connectivity index is 2.13. The molecule has 8 nitrogen and oxygen atoms in total. The highest BCUT2D eigenvalue weighted by molar-refractivity contribution is 6.12. The molecule has 0 bridgehead atoms. The van der Waals surface area contributed by atoms with Crippen molar-refractivity contribution in [1.82, 2.24) is 4.90 Å². The highest BCUT2D eigenvalue weighted by Crippen LogP contribution is 2.26. The Morgan fingerprint density at radius 2 is 1.82 bits per heavy atom. The third kappa shape index (κ3) is 7.37. The molecule has 0 aliphatic rings. The van der Waals surface area contributed by atoms with E-state index in [0.29, 0.717) is 18.6 Å². The number of carbonyl (C=O) groups is 2. The van der Waals surface area contributed by atoms with Crippen LogP contribution in [0, 0.1) is 0 Å². The monoisotopic (exact) mass is 469 g/mol. The van der Waals surface area contributed by atoms with Gasteiger partial charge in [0.25, 0.3) is 0 Å². The summed E-state index contributed by atoms with van der Waals surface area (Å²) in [6.07, 6.45) is 4.81. The number of benzene rings is 1. The Hall–Kier alpha value is -3.81. The second kappa shape index (κ2) is 11.9. The predicted octanol–water partition coefficient (Wildman–Crippen LogP) is 5.43. The third-order valence-corrected chi connectivity index (χ3v) is 5.05. The van der Waals surface area contributed by atoms with Crippen molar-refractivity contribution in [2.75, 3.05) is 7.05 Å². The van der Waals surface area contributed by atoms with E-state index in [1.807, 2.05) is 20.8 Å². The van der Waals surface area contributed by atoms with E-state index >= 15 is 0 Å². The number of rotatable bonds is 10. The molecule has 0 fully saturated rings. The first kappa shape index (κ1) is 26.4. The highest BCUT2D eigenvalue weighted by Gasteiger charge is 2.22. The van der Waals surface area contributed by atoms with Gasteiger partial charge in [0.05, 0.1) is 6.10 Å². The number of ether oxygens (including phenoxy) is 1. The van der Waals surface area contributed by atoms with Crippen LogP contribution < -0.4 is 10.4 Å². The van der Waals surface area contributed by atoms with Gasteiger partial charge in [0, 0.05) is 25.2 Å². The number of Topliss-reactive ketones (excluding diaryl/α,β-unsaturated/α-hetero) is 1. The number of carbonyl (C=O) groups excluding carboxylic acids is 1. The van der Waals surface area contributed by atoms with Gasteiger partial charge in [0.15, 0.2) is 5.78 Å². The Kier molecular flexibility index (Phi) is 9.24. The molecule has 1 unspecified atom stereocenters. The fourth-order valence-electron chi connectivity index (χ4n) is 3.16. The molecule has 1 atom stereocenters. The van der Waals surface area contributed by atoms with Gasteiger partial charge in [-0.05, 0) is 63.0 Å². The zero-order valence-corrected chi connectivity index (χ0v) is 20.1. The molecule has 0 spiro atoms. The van der Waals surface area contributed by atoms with Crippen LogP contribution in [-0.2, 0) is 0 Å². The summed E-state index contributed by atoms with van der Waals surface area (Å²) in [5, 5.41) is 19.2. The van der Waals surface area contributed by atoms with E-state index in [4.69, 9.17) is 14.3 Å². The molecule has 8 heteroatoms. The van der Waals surface area contributed by atoms with E-state index in [1.54, 1.807) is 43.3 Å². The molecular formula is C26H31NO7.